The summed E-state index contributed by atoms with van der Waals surface area (Å²) >= 11 is 0. The first kappa shape index (κ1) is 16.1. The van der Waals surface area contributed by atoms with E-state index in [1.54, 1.807) is 0 Å². The zero-order chi connectivity index (χ0) is 17.3. The maximum atomic E-state index is 11.4. The predicted molar refractivity (Wildman–Crippen MR) is 90.7 cm³/mol. The molecule has 1 atom stereocenters. The molecule has 1 unspecified atom stereocenters. The Balaban J connectivity index is 1.72. The van der Waals surface area contributed by atoms with Gasteiger partial charge in [-0.1, -0.05) is 6.07 Å². The van der Waals surface area contributed by atoms with Crippen molar-refractivity contribution < 1.29 is 9.53 Å². The summed E-state index contributed by atoms with van der Waals surface area (Å²) in [6.07, 6.45) is 0. The van der Waals surface area contributed by atoms with E-state index >= 15 is 0 Å². The van der Waals surface area contributed by atoms with Gasteiger partial charge >= 0.3 is 0 Å². The lowest BCUT2D eigenvalue weighted by Gasteiger charge is -2.21. The van der Waals surface area contributed by atoms with E-state index in [1.807, 2.05) is 42.8 Å². The summed E-state index contributed by atoms with van der Waals surface area (Å²) in [5.74, 6) is 0.562. The number of amides is 1. The number of benzene rings is 1. The number of fused-ring (bicyclic) bond motifs is 1. The third-order valence-electron chi connectivity index (χ3n) is 4.49. The van der Waals surface area contributed by atoms with Crippen molar-refractivity contribution in [3.63, 3.8) is 0 Å². The molecule has 124 valence electrons. The van der Waals surface area contributed by atoms with Gasteiger partial charge < -0.3 is 19.9 Å². The minimum absolute atomic E-state index is 0.0641. The molecule has 2 heterocycles. The summed E-state index contributed by atoms with van der Waals surface area (Å²) in [5, 5.41) is 15.4. The Morgan fingerprint density at radius 1 is 1.46 bits per heavy atom. The topological polar surface area (TPSA) is 79.1 Å². The third kappa shape index (κ3) is 2.99. The summed E-state index contributed by atoms with van der Waals surface area (Å²) in [7, 11) is 1.90. The highest BCUT2D eigenvalue weighted by atomic mass is 16.5. The van der Waals surface area contributed by atoms with Crippen LogP contribution in [0.5, 0.6) is 5.75 Å². The molecule has 2 N–H and O–H groups in total. The Morgan fingerprint density at radius 3 is 2.96 bits per heavy atom. The second-order valence-corrected chi connectivity index (χ2v) is 6.01. The molecule has 0 saturated heterocycles. The van der Waals surface area contributed by atoms with Crippen LogP contribution in [0.4, 0.5) is 5.69 Å². The molecular formula is C18H20N4O2. The standard InChI is InChI=1S/C18H20N4O2/c1-11(20-9-14-6-15(8-19)22(3)12(14)2)13-4-5-17-16(7-13)21-18(23)10-24-17/h4-7,11,20H,9-10H2,1-3H3,(H,21,23). The van der Waals surface area contributed by atoms with Gasteiger partial charge in [0.25, 0.3) is 5.91 Å². The molecule has 3 rings (SSSR count). The second-order valence-electron chi connectivity index (χ2n) is 6.01. The molecule has 1 amide bonds. The van der Waals surface area contributed by atoms with Gasteiger partial charge in [0, 0.05) is 25.3 Å². The zero-order valence-corrected chi connectivity index (χ0v) is 14.0. The Labute approximate surface area is 141 Å². The van der Waals surface area contributed by atoms with E-state index in [2.05, 4.69) is 23.6 Å². The number of hydrogen-bond donors (Lipinski definition) is 2. The second kappa shape index (κ2) is 6.38. The Kier molecular flexibility index (Phi) is 4.28. The fourth-order valence-electron chi connectivity index (χ4n) is 2.80. The maximum Gasteiger partial charge on any atom is 0.262 e. The minimum Gasteiger partial charge on any atom is -0.482 e. The molecule has 6 heteroatoms. The summed E-state index contributed by atoms with van der Waals surface area (Å²) < 4.78 is 7.27. The van der Waals surface area contributed by atoms with E-state index in [0.717, 1.165) is 16.8 Å². The molecule has 1 aromatic carbocycles. The largest absolute Gasteiger partial charge is 0.482 e. The summed E-state index contributed by atoms with van der Waals surface area (Å²) in [4.78, 5) is 11.4. The molecule has 0 saturated carbocycles. The lowest BCUT2D eigenvalue weighted by molar-refractivity contribution is -0.118. The molecule has 0 spiro atoms. The number of nitrogens with one attached hydrogen (secondary N) is 2. The molecule has 0 fully saturated rings. The SMILES string of the molecule is Cc1c(CNC(C)c2ccc3c(c2)NC(=O)CO3)cc(C#N)n1C. The summed E-state index contributed by atoms with van der Waals surface area (Å²) in [6.45, 7) is 4.81. The fraction of sp³-hybridized carbons (Fsp3) is 0.333. The minimum atomic E-state index is -0.135. The van der Waals surface area contributed by atoms with E-state index in [0.29, 0.717) is 23.7 Å². The maximum absolute atomic E-state index is 11.4. The molecule has 1 aliphatic rings. The smallest absolute Gasteiger partial charge is 0.262 e. The molecular weight excluding hydrogens is 304 g/mol. The van der Waals surface area contributed by atoms with Gasteiger partial charge in [0.05, 0.1) is 5.69 Å². The third-order valence-corrected chi connectivity index (χ3v) is 4.49. The first-order chi connectivity index (χ1) is 11.5. The molecule has 6 nitrogen and oxygen atoms in total. The lowest BCUT2D eigenvalue weighted by Crippen LogP contribution is -2.26. The van der Waals surface area contributed by atoms with Crippen molar-refractivity contribution in [2.24, 2.45) is 7.05 Å². The number of ether oxygens (including phenoxy) is 1. The zero-order valence-electron chi connectivity index (χ0n) is 14.0. The Hall–Kier alpha value is -2.78. The van der Waals surface area contributed by atoms with Crippen LogP contribution in [0.15, 0.2) is 24.3 Å². The average molecular weight is 324 g/mol. The molecule has 2 aromatic rings. The van der Waals surface area contributed by atoms with Crippen molar-refractivity contribution in [3.05, 3.63) is 46.8 Å². The number of carbonyl (C=O) groups excluding carboxylic acids is 1. The molecule has 1 aromatic heterocycles. The van der Waals surface area contributed by atoms with E-state index < -0.39 is 0 Å². The van der Waals surface area contributed by atoms with Crippen LogP contribution < -0.4 is 15.4 Å². The average Bonchev–Trinajstić information content (AvgIpc) is 2.86. The number of rotatable bonds is 4. The lowest BCUT2D eigenvalue weighted by atomic mass is 10.1. The molecule has 24 heavy (non-hydrogen) atoms. The van der Waals surface area contributed by atoms with Crippen LogP contribution in [0, 0.1) is 18.3 Å². The van der Waals surface area contributed by atoms with Crippen LogP contribution in [0.25, 0.3) is 0 Å². The van der Waals surface area contributed by atoms with Gasteiger partial charge in [0.2, 0.25) is 0 Å². The van der Waals surface area contributed by atoms with Gasteiger partial charge in [0.1, 0.15) is 17.5 Å². The van der Waals surface area contributed by atoms with Gasteiger partial charge in [-0.05, 0) is 43.2 Å². The van der Waals surface area contributed by atoms with E-state index in [1.165, 1.54) is 0 Å². The van der Waals surface area contributed by atoms with Crippen LogP contribution >= 0.6 is 0 Å². The highest BCUT2D eigenvalue weighted by Crippen LogP contribution is 2.30. The van der Waals surface area contributed by atoms with Gasteiger partial charge in [-0.3, -0.25) is 4.79 Å². The number of hydrogen-bond acceptors (Lipinski definition) is 4. The Bertz CT molecular complexity index is 832. The first-order valence-corrected chi connectivity index (χ1v) is 7.85. The predicted octanol–water partition coefficient (Wildman–Crippen LogP) is 2.39. The van der Waals surface area contributed by atoms with Crippen LogP contribution in [0.3, 0.4) is 0 Å². The van der Waals surface area contributed by atoms with Gasteiger partial charge in [-0.25, -0.2) is 0 Å². The van der Waals surface area contributed by atoms with Gasteiger partial charge in [-0.15, -0.1) is 0 Å². The van der Waals surface area contributed by atoms with E-state index in [4.69, 9.17) is 10.00 Å². The highest BCUT2D eigenvalue weighted by molar-refractivity contribution is 5.95. The number of nitrogens with zero attached hydrogens (tertiary/aromatic N) is 2. The molecule has 0 bridgehead atoms. The van der Waals surface area contributed by atoms with Crippen LogP contribution in [-0.2, 0) is 18.4 Å². The van der Waals surface area contributed by atoms with E-state index in [9.17, 15) is 4.79 Å². The first-order valence-electron chi connectivity index (χ1n) is 7.85. The highest BCUT2D eigenvalue weighted by Gasteiger charge is 2.17. The van der Waals surface area contributed by atoms with Gasteiger partial charge in [-0.2, -0.15) is 5.26 Å². The van der Waals surface area contributed by atoms with Crippen LogP contribution in [-0.4, -0.2) is 17.1 Å². The number of aromatic nitrogens is 1. The fourth-order valence-corrected chi connectivity index (χ4v) is 2.80. The van der Waals surface area contributed by atoms with Crippen molar-refractivity contribution >= 4 is 11.6 Å². The number of nitriles is 1. The normalized spacial score (nSPS) is 14.3. The monoisotopic (exact) mass is 324 g/mol. The number of carbonyl (C=O) groups is 1. The van der Waals surface area contributed by atoms with Crippen molar-refractivity contribution in [1.82, 2.24) is 9.88 Å². The molecule has 0 aliphatic carbocycles. The Morgan fingerprint density at radius 2 is 2.25 bits per heavy atom. The van der Waals surface area contributed by atoms with Gasteiger partial charge in [0.15, 0.2) is 6.61 Å². The number of anilines is 1. The van der Waals surface area contributed by atoms with Crippen molar-refractivity contribution in [1.29, 1.82) is 5.26 Å². The summed E-state index contributed by atoms with van der Waals surface area (Å²) in [6, 6.07) is 10.0. The van der Waals surface area contributed by atoms with Crippen LogP contribution in [0.2, 0.25) is 0 Å². The van der Waals surface area contributed by atoms with Crippen LogP contribution in [0.1, 0.15) is 35.5 Å². The van der Waals surface area contributed by atoms with Crippen molar-refractivity contribution in [2.75, 3.05) is 11.9 Å². The molecule has 0 radical (unpaired) electrons. The molecule has 1 aliphatic heterocycles. The summed E-state index contributed by atoms with van der Waals surface area (Å²) in [5.41, 5.74) is 4.62. The van der Waals surface area contributed by atoms with E-state index in [-0.39, 0.29) is 18.6 Å². The van der Waals surface area contributed by atoms with Crippen molar-refractivity contribution in [2.45, 2.75) is 26.4 Å². The van der Waals surface area contributed by atoms with Crippen molar-refractivity contribution in [3.8, 4) is 11.8 Å². The quantitative estimate of drug-likeness (QED) is 0.905.